The minimum absolute atomic E-state index is 0.0387. The summed E-state index contributed by atoms with van der Waals surface area (Å²) in [6, 6.07) is 18.2. The summed E-state index contributed by atoms with van der Waals surface area (Å²) < 4.78 is 0. The number of hydrogen-bond acceptors (Lipinski definition) is 1. The Hall–Kier alpha value is -2.29. The number of benzene rings is 2. The largest absolute Gasteiger partial charge is 0.370 e. The fourth-order valence-corrected chi connectivity index (χ4v) is 1.83. The molecule has 19 heavy (non-hydrogen) atoms. The summed E-state index contributed by atoms with van der Waals surface area (Å²) in [7, 11) is 0. The van der Waals surface area contributed by atoms with Crippen molar-refractivity contribution in [3.63, 3.8) is 0 Å². The van der Waals surface area contributed by atoms with E-state index >= 15 is 0 Å². The number of para-hydroxylation sites is 1. The first-order valence-corrected chi connectivity index (χ1v) is 6.37. The Kier molecular flexibility index (Phi) is 4.18. The molecule has 2 rings (SSSR count). The average Bonchev–Trinajstić information content (AvgIpc) is 2.40. The van der Waals surface area contributed by atoms with Crippen molar-refractivity contribution in [2.45, 2.75) is 19.9 Å². The Morgan fingerprint density at radius 3 is 2.32 bits per heavy atom. The van der Waals surface area contributed by atoms with Gasteiger partial charge in [0.05, 0.1) is 6.04 Å². The van der Waals surface area contributed by atoms with Crippen molar-refractivity contribution >= 4 is 11.6 Å². The summed E-state index contributed by atoms with van der Waals surface area (Å²) >= 11 is 0. The van der Waals surface area contributed by atoms with E-state index in [0.717, 1.165) is 11.3 Å². The molecule has 1 unspecified atom stereocenters. The molecular weight excluding hydrogens is 234 g/mol. The Morgan fingerprint density at radius 2 is 1.68 bits per heavy atom. The maximum atomic E-state index is 5.91. The lowest BCUT2D eigenvalue weighted by Gasteiger charge is -2.10. The van der Waals surface area contributed by atoms with Gasteiger partial charge >= 0.3 is 0 Å². The molecule has 0 saturated carbocycles. The van der Waals surface area contributed by atoms with E-state index in [9.17, 15) is 0 Å². The van der Waals surface area contributed by atoms with E-state index in [0.29, 0.717) is 5.96 Å². The van der Waals surface area contributed by atoms with E-state index in [-0.39, 0.29) is 6.04 Å². The van der Waals surface area contributed by atoms with Crippen LogP contribution in [0.1, 0.15) is 24.1 Å². The van der Waals surface area contributed by atoms with Gasteiger partial charge in [-0.15, -0.1) is 0 Å². The van der Waals surface area contributed by atoms with Crippen LogP contribution in [-0.2, 0) is 0 Å². The lowest BCUT2D eigenvalue weighted by atomic mass is 10.1. The molecule has 0 aliphatic rings. The highest BCUT2D eigenvalue weighted by Gasteiger charge is 2.04. The predicted molar refractivity (Wildman–Crippen MR) is 81.3 cm³/mol. The van der Waals surface area contributed by atoms with E-state index < -0.39 is 0 Å². The van der Waals surface area contributed by atoms with Crippen molar-refractivity contribution in [2.75, 3.05) is 5.32 Å². The zero-order valence-electron chi connectivity index (χ0n) is 11.3. The van der Waals surface area contributed by atoms with Gasteiger partial charge in [0, 0.05) is 5.69 Å². The summed E-state index contributed by atoms with van der Waals surface area (Å²) in [5.41, 5.74) is 9.26. The number of nitrogens with one attached hydrogen (secondary N) is 1. The Morgan fingerprint density at radius 1 is 1.05 bits per heavy atom. The summed E-state index contributed by atoms with van der Waals surface area (Å²) in [4.78, 5) is 4.46. The van der Waals surface area contributed by atoms with E-state index in [1.165, 1.54) is 5.56 Å². The van der Waals surface area contributed by atoms with Crippen LogP contribution < -0.4 is 11.1 Å². The fraction of sp³-hybridized carbons (Fsp3) is 0.188. The molecule has 0 radical (unpaired) electrons. The van der Waals surface area contributed by atoms with Crippen LogP contribution in [0.4, 0.5) is 5.69 Å². The fourth-order valence-electron chi connectivity index (χ4n) is 1.83. The summed E-state index contributed by atoms with van der Waals surface area (Å²) in [5, 5.41) is 3.08. The van der Waals surface area contributed by atoms with Crippen molar-refractivity contribution in [3.8, 4) is 0 Å². The number of rotatable bonds is 3. The van der Waals surface area contributed by atoms with Gasteiger partial charge in [0.25, 0.3) is 0 Å². The third-order valence-corrected chi connectivity index (χ3v) is 2.94. The Balaban J connectivity index is 2.06. The Labute approximate surface area is 114 Å². The number of aryl methyl sites for hydroxylation is 1. The molecule has 3 heteroatoms. The van der Waals surface area contributed by atoms with E-state index in [1.807, 2.05) is 37.3 Å². The second kappa shape index (κ2) is 6.05. The maximum absolute atomic E-state index is 5.91. The number of hydrogen-bond donors (Lipinski definition) is 2. The van der Waals surface area contributed by atoms with Crippen LogP contribution in [0.5, 0.6) is 0 Å². The van der Waals surface area contributed by atoms with Crippen LogP contribution in [0.3, 0.4) is 0 Å². The molecule has 0 aliphatic heterocycles. The summed E-state index contributed by atoms with van der Waals surface area (Å²) in [5.74, 6) is 0.430. The van der Waals surface area contributed by atoms with E-state index in [2.05, 4.69) is 41.5 Å². The van der Waals surface area contributed by atoms with Gasteiger partial charge in [-0.3, -0.25) is 0 Å². The van der Waals surface area contributed by atoms with Gasteiger partial charge in [-0.25, -0.2) is 4.99 Å². The zero-order valence-corrected chi connectivity index (χ0v) is 11.3. The molecule has 0 heterocycles. The Bertz CT molecular complexity index is 544. The van der Waals surface area contributed by atoms with Crippen molar-refractivity contribution < 1.29 is 0 Å². The van der Waals surface area contributed by atoms with Crippen LogP contribution in [0.15, 0.2) is 59.6 Å². The van der Waals surface area contributed by atoms with Crippen LogP contribution in [-0.4, -0.2) is 5.96 Å². The highest BCUT2D eigenvalue weighted by atomic mass is 15.1. The SMILES string of the molecule is Cc1ccc(C(C)N=C(N)Nc2ccccc2)cc1. The number of anilines is 1. The first kappa shape index (κ1) is 13.1. The first-order valence-electron chi connectivity index (χ1n) is 6.37. The van der Waals surface area contributed by atoms with Crippen LogP contribution >= 0.6 is 0 Å². The monoisotopic (exact) mass is 253 g/mol. The van der Waals surface area contributed by atoms with E-state index in [1.54, 1.807) is 0 Å². The maximum Gasteiger partial charge on any atom is 0.193 e. The molecule has 3 N–H and O–H groups in total. The number of nitrogens with two attached hydrogens (primary N) is 1. The third kappa shape index (κ3) is 3.85. The standard InChI is InChI=1S/C16H19N3/c1-12-8-10-14(11-9-12)13(2)18-16(17)19-15-6-4-3-5-7-15/h3-11,13H,1-2H3,(H3,17,18,19). The van der Waals surface area contributed by atoms with Crippen LogP contribution in [0.2, 0.25) is 0 Å². The molecule has 0 fully saturated rings. The van der Waals surface area contributed by atoms with Gasteiger partial charge in [-0.05, 0) is 31.5 Å². The molecular formula is C16H19N3. The molecule has 0 aliphatic carbocycles. The van der Waals surface area contributed by atoms with Crippen LogP contribution in [0.25, 0.3) is 0 Å². The molecule has 0 bridgehead atoms. The van der Waals surface area contributed by atoms with Gasteiger partial charge < -0.3 is 11.1 Å². The highest BCUT2D eigenvalue weighted by Crippen LogP contribution is 2.17. The number of guanidine groups is 1. The van der Waals surface area contributed by atoms with Gasteiger partial charge in [0.2, 0.25) is 0 Å². The van der Waals surface area contributed by atoms with Gasteiger partial charge in [0.15, 0.2) is 5.96 Å². The second-order valence-electron chi connectivity index (χ2n) is 4.59. The topological polar surface area (TPSA) is 50.4 Å². The molecule has 0 saturated heterocycles. The molecule has 0 spiro atoms. The number of aliphatic imine (C=N–C) groups is 1. The van der Waals surface area contributed by atoms with Gasteiger partial charge in [0.1, 0.15) is 0 Å². The molecule has 2 aromatic carbocycles. The molecule has 0 aromatic heterocycles. The molecule has 3 nitrogen and oxygen atoms in total. The lowest BCUT2D eigenvalue weighted by Crippen LogP contribution is -2.23. The summed E-state index contributed by atoms with van der Waals surface area (Å²) in [6.07, 6.45) is 0. The molecule has 2 aromatic rings. The van der Waals surface area contributed by atoms with Crippen molar-refractivity contribution in [1.82, 2.24) is 0 Å². The summed E-state index contributed by atoms with van der Waals surface area (Å²) in [6.45, 7) is 4.10. The third-order valence-electron chi connectivity index (χ3n) is 2.94. The molecule has 0 amide bonds. The second-order valence-corrected chi connectivity index (χ2v) is 4.59. The van der Waals surface area contributed by atoms with Crippen molar-refractivity contribution in [1.29, 1.82) is 0 Å². The number of nitrogens with zero attached hydrogens (tertiary/aromatic N) is 1. The molecule has 1 atom stereocenters. The highest BCUT2D eigenvalue weighted by molar-refractivity contribution is 5.92. The van der Waals surface area contributed by atoms with Crippen molar-refractivity contribution in [2.24, 2.45) is 10.7 Å². The van der Waals surface area contributed by atoms with Crippen LogP contribution in [0, 0.1) is 6.92 Å². The minimum atomic E-state index is 0.0387. The smallest absolute Gasteiger partial charge is 0.193 e. The molecule has 98 valence electrons. The first-order chi connectivity index (χ1) is 9.15. The zero-order chi connectivity index (χ0) is 13.7. The van der Waals surface area contributed by atoms with Crippen molar-refractivity contribution in [3.05, 3.63) is 65.7 Å². The minimum Gasteiger partial charge on any atom is -0.370 e. The quantitative estimate of drug-likeness (QED) is 0.650. The normalized spacial score (nSPS) is 13.1. The predicted octanol–water partition coefficient (Wildman–Crippen LogP) is 3.48. The van der Waals surface area contributed by atoms with E-state index in [4.69, 9.17) is 5.73 Å². The lowest BCUT2D eigenvalue weighted by molar-refractivity contribution is 0.817. The average molecular weight is 253 g/mol. The van der Waals surface area contributed by atoms with Gasteiger partial charge in [-0.2, -0.15) is 0 Å². The van der Waals surface area contributed by atoms with Gasteiger partial charge in [-0.1, -0.05) is 48.0 Å².